The van der Waals surface area contributed by atoms with E-state index >= 15 is 0 Å². The summed E-state index contributed by atoms with van der Waals surface area (Å²) in [5.41, 5.74) is 3.02. The van der Waals surface area contributed by atoms with Gasteiger partial charge in [0.2, 0.25) is 0 Å². The van der Waals surface area contributed by atoms with Crippen molar-refractivity contribution in [2.45, 2.75) is 5.88 Å². The van der Waals surface area contributed by atoms with Crippen LogP contribution in [0.5, 0.6) is 11.5 Å². The van der Waals surface area contributed by atoms with Gasteiger partial charge in [-0.1, -0.05) is 30.3 Å². The molecule has 2 nitrogen and oxygen atoms in total. The number of hydrogen-bond donors (Lipinski definition) is 0. The molecular weight excluding hydrogens is 248 g/mol. The van der Waals surface area contributed by atoms with E-state index in [4.69, 9.17) is 21.1 Å². The van der Waals surface area contributed by atoms with Crippen molar-refractivity contribution in [2.24, 2.45) is 0 Å². The number of ether oxygens (including phenoxy) is 2. The standard InChI is InChI=1S/C15H15ClO2/c1-17-14-9-13(11-6-4-3-5-7-11)15(18-2)8-12(14)10-16/h3-9H,10H2,1-2H3. The summed E-state index contributed by atoms with van der Waals surface area (Å²) in [4.78, 5) is 0. The number of methoxy groups -OCH3 is 2. The van der Waals surface area contributed by atoms with E-state index in [0.29, 0.717) is 5.88 Å². The molecule has 2 aromatic carbocycles. The van der Waals surface area contributed by atoms with Crippen LogP contribution in [-0.2, 0) is 5.88 Å². The Balaban J connectivity index is 2.59. The number of alkyl halides is 1. The molecule has 0 N–H and O–H groups in total. The van der Waals surface area contributed by atoms with Gasteiger partial charge in [-0.05, 0) is 17.7 Å². The van der Waals surface area contributed by atoms with Crippen molar-refractivity contribution in [3.63, 3.8) is 0 Å². The average Bonchev–Trinajstić information content (AvgIpc) is 2.46. The van der Waals surface area contributed by atoms with E-state index in [1.165, 1.54) is 0 Å². The predicted molar refractivity (Wildman–Crippen MR) is 74.5 cm³/mol. The summed E-state index contributed by atoms with van der Waals surface area (Å²) in [6.45, 7) is 0. The van der Waals surface area contributed by atoms with Gasteiger partial charge in [0, 0.05) is 11.1 Å². The zero-order valence-electron chi connectivity index (χ0n) is 10.4. The summed E-state index contributed by atoms with van der Waals surface area (Å²) in [5.74, 6) is 1.98. The van der Waals surface area contributed by atoms with Crippen LogP contribution in [0.25, 0.3) is 11.1 Å². The summed E-state index contributed by atoms with van der Waals surface area (Å²) in [6, 6.07) is 13.9. The molecule has 2 rings (SSSR count). The third-order valence-electron chi connectivity index (χ3n) is 2.83. The van der Waals surface area contributed by atoms with E-state index in [9.17, 15) is 0 Å². The van der Waals surface area contributed by atoms with E-state index in [1.807, 2.05) is 42.5 Å². The van der Waals surface area contributed by atoms with Gasteiger partial charge in [0.25, 0.3) is 0 Å². The fourth-order valence-corrected chi connectivity index (χ4v) is 2.12. The Morgan fingerprint density at radius 1 is 0.944 bits per heavy atom. The number of rotatable bonds is 4. The second-order valence-electron chi connectivity index (χ2n) is 3.86. The van der Waals surface area contributed by atoms with Crippen molar-refractivity contribution >= 4 is 11.6 Å². The second kappa shape index (κ2) is 5.78. The van der Waals surface area contributed by atoms with Crippen LogP contribution >= 0.6 is 11.6 Å². The maximum absolute atomic E-state index is 5.90. The van der Waals surface area contributed by atoms with Crippen LogP contribution in [0.2, 0.25) is 0 Å². The highest BCUT2D eigenvalue weighted by Crippen LogP contribution is 2.36. The van der Waals surface area contributed by atoms with Gasteiger partial charge in [0.15, 0.2) is 0 Å². The minimum absolute atomic E-state index is 0.397. The molecule has 0 aliphatic carbocycles. The van der Waals surface area contributed by atoms with E-state index in [1.54, 1.807) is 14.2 Å². The summed E-state index contributed by atoms with van der Waals surface area (Å²) >= 11 is 5.90. The second-order valence-corrected chi connectivity index (χ2v) is 4.13. The van der Waals surface area contributed by atoms with E-state index in [-0.39, 0.29) is 0 Å². The van der Waals surface area contributed by atoms with Gasteiger partial charge >= 0.3 is 0 Å². The Labute approximate surface area is 112 Å². The van der Waals surface area contributed by atoms with Crippen molar-refractivity contribution < 1.29 is 9.47 Å². The maximum atomic E-state index is 5.90. The van der Waals surface area contributed by atoms with Gasteiger partial charge < -0.3 is 9.47 Å². The molecule has 0 saturated heterocycles. The Bertz CT molecular complexity index is 524. The third kappa shape index (κ3) is 2.44. The van der Waals surface area contributed by atoms with Crippen LogP contribution < -0.4 is 9.47 Å². The van der Waals surface area contributed by atoms with Crippen LogP contribution in [0, 0.1) is 0 Å². The fourth-order valence-electron chi connectivity index (χ4n) is 1.91. The Morgan fingerprint density at radius 3 is 2.17 bits per heavy atom. The average molecular weight is 263 g/mol. The molecule has 0 saturated carbocycles. The van der Waals surface area contributed by atoms with Crippen molar-refractivity contribution in [3.05, 3.63) is 48.0 Å². The minimum atomic E-state index is 0.397. The zero-order chi connectivity index (χ0) is 13.0. The van der Waals surface area contributed by atoms with E-state index < -0.39 is 0 Å². The fraction of sp³-hybridized carbons (Fsp3) is 0.200. The van der Waals surface area contributed by atoms with Gasteiger partial charge in [0.05, 0.1) is 20.1 Å². The molecule has 0 radical (unpaired) electrons. The molecule has 2 aromatic rings. The summed E-state index contributed by atoms with van der Waals surface area (Å²) in [7, 11) is 3.30. The lowest BCUT2D eigenvalue weighted by atomic mass is 10.0. The molecule has 18 heavy (non-hydrogen) atoms. The van der Waals surface area contributed by atoms with Crippen molar-refractivity contribution in [1.82, 2.24) is 0 Å². The summed E-state index contributed by atoms with van der Waals surface area (Å²) < 4.78 is 10.8. The van der Waals surface area contributed by atoms with Crippen LogP contribution in [0.4, 0.5) is 0 Å². The van der Waals surface area contributed by atoms with Crippen LogP contribution in [0.3, 0.4) is 0 Å². The van der Waals surface area contributed by atoms with Gasteiger partial charge in [-0.2, -0.15) is 0 Å². The molecule has 0 aliphatic heterocycles. The molecule has 0 atom stereocenters. The lowest BCUT2D eigenvalue weighted by molar-refractivity contribution is 0.401. The maximum Gasteiger partial charge on any atom is 0.127 e. The van der Waals surface area contributed by atoms with E-state index in [2.05, 4.69) is 0 Å². The molecule has 0 spiro atoms. The van der Waals surface area contributed by atoms with Gasteiger partial charge in [-0.25, -0.2) is 0 Å². The Hall–Kier alpha value is -1.67. The van der Waals surface area contributed by atoms with Gasteiger partial charge in [-0.15, -0.1) is 11.6 Å². The molecule has 0 aliphatic rings. The van der Waals surface area contributed by atoms with Crippen LogP contribution in [-0.4, -0.2) is 14.2 Å². The minimum Gasteiger partial charge on any atom is -0.496 e. The first-order valence-electron chi connectivity index (χ1n) is 5.66. The lowest BCUT2D eigenvalue weighted by Gasteiger charge is -2.13. The quantitative estimate of drug-likeness (QED) is 0.772. The zero-order valence-corrected chi connectivity index (χ0v) is 11.2. The molecule has 3 heteroatoms. The first-order chi connectivity index (χ1) is 8.80. The summed E-state index contributed by atoms with van der Waals surface area (Å²) in [5, 5.41) is 0. The first-order valence-corrected chi connectivity index (χ1v) is 6.20. The highest BCUT2D eigenvalue weighted by atomic mass is 35.5. The molecule has 0 amide bonds. The molecule has 0 fully saturated rings. The topological polar surface area (TPSA) is 18.5 Å². The molecule has 0 aromatic heterocycles. The van der Waals surface area contributed by atoms with Crippen molar-refractivity contribution in [1.29, 1.82) is 0 Å². The van der Waals surface area contributed by atoms with Crippen molar-refractivity contribution in [2.75, 3.05) is 14.2 Å². The lowest BCUT2D eigenvalue weighted by Crippen LogP contribution is -1.94. The van der Waals surface area contributed by atoms with Crippen LogP contribution in [0.15, 0.2) is 42.5 Å². The van der Waals surface area contributed by atoms with Crippen LogP contribution in [0.1, 0.15) is 5.56 Å². The first kappa shape index (κ1) is 12.8. The normalized spacial score (nSPS) is 10.2. The predicted octanol–water partition coefficient (Wildman–Crippen LogP) is 4.11. The largest absolute Gasteiger partial charge is 0.496 e. The SMILES string of the molecule is COc1cc(-c2ccccc2)c(OC)cc1CCl. The number of hydrogen-bond acceptors (Lipinski definition) is 2. The summed E-state index contributed by atoms with van der Waals surface area (Å²) in [6.07, 6.45) is 0. The van der Waals surface area contributed by atoms with Gasteiger partial charge in [0.1, 0.15) is 11.5 Å². The Morgan fingerprint density at radius 2 is 1.61 bits per heavy atom. The highest BCUT2D eigenvalue weighted by Gasteiger charge is 2.11. The highest BCUT2D eigenvalue weighted by molar-refractivity contribution is 6.17. The molecule has 94 valence electrons. The van der Waals surface area contributed by atoms with Gasteiger partial charge in [-0.3, -0.25) is 0 Å². The molecular formula is C15H15ClO2. The molecule has 0 bridgehead atoms. The third-order valence-corrected chi connectivity index (χ3v) is 3.12. The van der Waals surface area contributed by atoms with Crippen molar-refractivity contribution in [3.8, 4) is 22.6 Å². The molecule has 0 heterocycles. The Kier molecular flexibility index (Phi) is 4.11. The molecule has 0 unspecified atom stereocenters. The number of benzene rings is 2. The smallest absolute Gasteiger partial charge is 0.127 e. The number of halogens is 1. The monoisotopic (exact) mass is 262 g/mol. The van der Waals surface area contributed by atoms with E-state index in [0.717, 1.165) is 28.2 Å².